The molecule has 5 N–H and O–H groups in total. The van der Waals surface area contributed by atoms with Crippen molar-refractivity contribution in [3.8, 4) is 0 Å². The Bertz CT molecular complexity index is 1260. The third-order valence-electron chi connectivity index (χ3n) is 7.96. The number of esters is 2. The molecule has 2 saturated heterocycles. The number of hydrogen-bond donors (Lipinski definition) is 5. The Hall–Kier alpha value is -4.71. The smallest absolute Gasteiger partial charge is 0.332 e. The Kier molecular flexibility index (Phi) is 21.3. The van der Waals surface area contributed by atoms with E-state index < -0.39 is 59.8 Å². The second-order valence-corrected chi connectivity index (χ2v) is 12.2. The van der Waals surface area contributed by atoms with Gasteiger partial charge in [0.2, 0.25) is 17.7 Å². The number of urea groups is 2. The van der Waals surface area contributed by atoms with Crippen LogP contribution in [0.5, 0.6) is 0 Å². The number of fused-ring (bicyclic) bond motifs is 1. The Labute approximate surface area is 302 Å². The summed E-state index contributed by atoms with van der Waals surface area (Å²) in [6.07, 6.45) is 12.8. The standard InChI is InChI=1S/C15H20N2O5.C12H20O4.C4H4N2O3.C2H4O2.CH4/c18-11-8-9(4-3-7-21-10-5-1-2-6-10)12-13(19)16-15(20)17-14(12)22-11;1-15-12(14)9-10(13)5-4-8-16-11-6-2-3-7-11;7-2-1-3(8)6-4(9)5-2;1-2(3)4;/h8,10,12,14H,1-7H2,(H2,16,17,19,20);11H,2-9H2,1H3;1H2,(H2,5,6,7,8,9);1H3,(H,3,4);1H4. The minimum Gasteiger partial charge on any atom is -0.481 e. The van der Waals surface area contributed by atoms with E-state index in [1.807, 2.05) is 10.6 Å². The second kappa shape index (κ2) is 24.5. The molecule has 5 aliphatic rings. The van der Waals surface area contributed by atoms with Crippen LogP contribution in [0.25, 0.3) is 0 Å². The van der Waals surface area contributed by atoms with Crippen molar-refractivity contribution in [2.24, 2.45) is 5.92 Å². The third kappa shape index (κ3) is 18.5. The number of methoxy groups -OCH3 is 1. The van der Waals surface area contributed by atoms with Crippen LogP contribution in [0.4, 0.5) is 9.59 Å². The van der Waals surface area contributed by atoms with Gasteiger partial charge in [0.05, 0.1) is 19.3 Å². The van der Waals surface area contributed by atoms with Crippen LogP contribution in [-0.4, -0.2) is 97.3 Å². The summed E-state index contributed by atoms with van der Waals surface area (Å²) in [5.74, 6) is -4.05. The topological polar surface area (TPSA) is 259 Å². The number of ether oxygens (including phenoxy) is 4. The Morgan fingerprint density at radius 3 is 1.85 bits per heavy atom. The van der Waals surface area contributed by atoms with Crippen molar-refractivity contribution in [1.29, 1.82) is 0 Å². The van der Waals surface area contributed by atoms with Crippen molar-refractivity contribution in [1.82, 2.24) is 21.3 Å². The number of ketones is 1. The fraction of sp³-hybridized carbons (Fsp3) is 0.676. The SMILES string of the molecule is C.CC(=O)O.COC(=O)CC(=O)CCCOC1CCCC1.O=C1CC(=O)NC(=O)N1.O=C1NC(=O)C2C(CCCOC3CCCC3)=CC(=O)OC2N1. The number of carbonyl (C=O) groups is 9. The quantitative estimate of drug-likeness (QED) is 0.109. The number of carboxylic acids is 1. The average molecular weight is 741 g/mol. The van der Waals surface area contributed by atoms with E-state index in [1.54, 1.807) is 0 Å². The van der Waals surface area contributed by atoms with E-state index in [0.717, 1.165) is 39.0 Å². The molecular weight excluding hydrogens is 688 g/mol. The first kappa shape index (κ1) is 45.3. The molecule has 0 aromatic carbocycles. The van der Waals surface area contributed by atoms with Crippen molar-refractivity contribution in [3.63, 3.8) is 0 Å². The molecule has 3 aliphatic heterocycles. The van der Waals surface area contributed by atoms with Crippen LogP contribution in [0.15, 0.2) is 11.6 Å². The normalized spacial score (nSPS) is 20.8. The molecule has 18 heteroatoms. The van der Waals surface area contributed by atoms with Gasteiger partial charge in [-0.05, 0) is 50.5 Å². The highest BCUT2D eigenvalue weighted by Crippen LogP contribution is 2.28. The van der Waals surface area contributed by atoms with Crippen LogP contribution in [0.2, 0.25) is 0 Å². The second-order valence-electron chi connectivity index (χ2n) is 12.2. The zero-order valence-electron chi connectivity index (χ0n) is 29.0. The van der Waals surface area contributed by atoms with Crippen molar-refractivity contribution < 1.29 is 67.2 Å². The van der Waals surface area contributed by atoms with Crippen molar-refractivity contribution in [3.05, 3.63) is 11.6 Å². The van der Waals surface area contributed by atoms with Gasteiger partial charge >= 0.3 is 24.0 Å². The van der Waals surface area contributed by atoms with Gasteiger partial charge in [0.25, 0.3) is 5.97 Å². The maximum absolute atomic E-state index is 12.0. The summed E-state index contributed by atoms with van der Waals surface area (Å²) in [4.78, 5) is 96.7. The first-order chi connectivity index (χ1) is 24.3. The summed E-state index contributed by atoms with van der Waals surface area (Å²) in [6, 6.07) is -1.37. The van der Waals surface area contributed by atoms with Gasteiger partial charge < -0.3 is 29.4 Å². The number of imide groups is 3. The summed E-state index contributed by atoms with van der Waals surface area (Å²) in [5.41, 5.74) is 0.689. The number of rotatable bonds is 12. The number of carboxylic acid groups (broad SMARTS) is 1. The van der Waals surface area contributed by atoms with Gasteiger partial charge in [-0.1, -0.05) is 33.1 Å². The van der Waals surface area contributed by atoms with Gasteiger partial charge in [-0.2, -0.15) is 0 Å². The highest BCUT2D eigenvalue weighted by atomic mass is 16.6. The van der Waals surface area contributed by atoms with Gasteiger partial charge in [-0.15, -0.1) is 0 Å². The molecule has 2 unspecified atom stereocenters. The molecule has 52 heavy (non-hydrogen) atoms. The van der Waals surface area contributed by atoms with Crippen LogP contribution in [0.1, 0.15) is 104 Å². The lowest BCUT2D eigenvalue weighted by Gasteiger charge is -2.34. The molecule has 0 radical (unpaired) electrons. The lowest BCUT2D eigenvalue weighted by Crippen LogP contribution is -2.61. The van der Waals surface area contributed by atoms with Gasteiger partial charge in [0, 0.05) is 32.6 Å². The molecular formula is C34H52N4O14. The first-order valence-electron chi connectivity index (χ1n) is 16.9. The lowest BCUT2D eigenvalue weighted by atomic mass is 9.89. The first-order valence-corrected chi connectivity index (χ1v) is 16.9. The Morgan fingerprint density at radius 2 is 1.35 bits per heavy atom. The van der Waals surface area contributed by atoms with Crippen molar-refractivity contribution >= 4 is 53.5 Å². The highest BCUT2D eigenvalue weighted by Gasteiger charge is 2.42. The minimum atomic E-state index is -0.899. The van der Waals surface area contributed by atoms with Crippen LogP contribution in [0.3, 0.4) is 0 Å². The number of aliphatic carboxylic acids is 1. The Balaban J connectivity index is 0.000000394. The molecule has 0 bridgehead atoms. The maximum atomic E-state index is 12.0. The van der Waals surface area contributed by atoms with E-state index >= 15 is 0 Å². The summed E-state index contributed by atoms with van der Waals surface area (Å²) >= 11 is 0. The van der Waals surface area contributed by atoms with Crippen molar-refractivity contribution in [2.75, 3.05) is 20.3 Å². The molecule has 4 fully saturated rings. The predicted molar refractivity (Wildman–Crippen MR) is 181 cm³/mol. The highest BCUT2D eigenvalue weighted by molar-refractivity contribution is 6.14. The molecule has 0 aromatic rings. The fourth-order valence-electron chi connectivity index (χ4n) is 5.66. The molecule has 3 heterocycles. The van der Waals surface area contributed by atoms with Gasteiger partial charge in [0.1, 0.15) is 24.5 Å². The molecule has 292 valence electrons. The number of amides is 7. The summed E-state index contributed by atoms with van der Waals surface area (Å²) in [6.45, 7) is 2.32. The molecule has 5 rings (SSSR count). The van der Waals surface area contributed by atoms with Crippen LogP contribution in [-0.2, 0) is 52.5 Å². The van der Waals surface area contributed by atoms with Crippen molar-refractivity contribution in [2.45, 2.75) is 123 Å². The molecule has 7 amide bonds. The molecule has 2 atom stereocenters. The van der Waals surface area contributed by atoms with Crippen LogP contribution >= 0.6 is 0 Å². The van der Waals surface area contributed by atoms with Gasteiger partial charge in [0.15, 0.2) is 6.23 Å². The molecule has 2 aliphatic carbocycles. The maximum Gasteiger partial charge on any atom is 0.332 e. The number of Topliss-reactive ketones (excluding diaryl/α,β-unsaturated/α-hetero) is 1. The zero-order valence-corrected chi connectivity index (χ0v) is 29.0. The third-order valence-corrected chi connectivity index (χ3v) is 7.96. The summed E-state index contributed by atoms with van der Waals surface area (Å²) < 4.78 is 20.8. The predicted octanol–water partition coefficient (Wildman–Crippen LogP) is 2.32. The van der Waals surface area contributed by atoms with E-state index in [2.05, 4.69) is 15.4 Å². The van der Waals surface area contributed by atoms with E-state index in [4.69, 9.17) is 24.1 Å². The van der Waals surface area contributed by atoms with E-state index in [0.29, 0.717) is 50.3 Å². The minimum absolute atomic E-state index is 0. The van der Waals surface area contributed by atoms with Gasteiger partial charge in [-0.3, -0.25) is 44.7 Å². The summed E-state index contributed by atoms with van der Waals surface area (Å²) in [7, 11) is 1.29. The van der Waals surface area contributed by atoms with Crippen LogP contribution in [0, 0.1) is 5.92 Å². The van der Waals surface area contributed by atoms with E-state index in [1.165, 1.54) is 38.9 Å². The number of barbiturate groups is 1. The Morgan fingerprint density at radius 1 is 0.827 bits per heavy atom. The lowest BCUT2D eigenvalue weighted by molar-refractivity contribution is -0.152. The monoisotopic (exact) mass is 740 g/mol. The van der Waals surface area contributed by atoms with Gasteiger partial charge in [-0.25, -0.2) is 14.4 Å². The van der Waals surface area contributed by atoms with E-state index in [9.17, 15) is 38.4 Å². The van der Waals surface area contributed by atoms with E-state index in [-0.39, 0.29) is 26.1 Å². The molecule has 2 saturated carbocycles. The zero-order chi connectivity index (χ0) is 37.8. The summed E-state index contributed by atoms with van der Waals surface area (Å²) in [5, 5.41) is 15.9. The number of nitrogens with one attached hydrogen (secondary N) is 4. The molecule has 18 nitrogen and oxygen atoms in total. The molecule has 0 spiro atoms. The molecule has 0 aromatic heterocycles. The largest absolute Gasteiger partial charge is 0.481 e. The van der Waals surface area contributed by atoms with Crippen LogP contribution < -0.4 is 21.3 Å². The number of carbonyl (C=O) groups excluding carboxylic acids is 8. The fourth-order valence-corrected chi connectivity index (χ4v) is 5.66. The number of hydrogen-bond acceptors (Lipinski definition) is 13. The average Bonchev–Trinajstić information content (AvgIpc) is 3.75.